The van der Waals surface area contributed by atoms with Crippen molar-refractivity contribution >= 4 is 10.4 Å². The zero-order valence-electron chi connectivity index (χ0n) is 6.09. The molecule has 8 nitrogen and oxygen atoms in total. The van der Waals surface area contributed by atoms with Crippen LogP contribution in [0.5, 0.6) is 0 Å². The molecule has 12 heavy (non-hydrogen) atoms. The largest absolute Gasteiger partial charge is 1.00 e. The molecule has 12 heteroatoms. The average Bonchev–Trinajstić information content (AvgIpc) is 1.12. The molecule has 0 amide bonds. The Morgan fingerprint density at radius 3 is 1.00 bits per heavy atom. The molecule has 0 radical (unpaired) electrons. The predicted octanol–water partition coefficient (Wildman–Crippen LogP) is -11.5. The molecule has 0 aliphatic carbocycles. The van der Waals surface area contributed by atoms with Crippen LogP contribution < -0.4 is 73.1 Å². The van der Waals surface area contributed by atoms with Crippen molar-refractivity contribution in [3.8, 4) is 0 Å². The van der Waals surface area contributed by atoms with Crippen molar-refractivity contribution in [1.82, 2.24) is 0 Å². The summed E-state index contributed by atoms with van der Waals surface area (Å²) in [6, 6.07) is 0. The Bertz CT molecular complexity index is 152. The molecule has 64 valence electrons. The van der Waals surface area contributed by atoms with Gasteiger partial charge in [0, 0.05) is 10.4 Å². The van der Waals surface area contributed by atoms with E-state index in [9.17, 15) is 0 Å². The summed E-state index contributed by atoms with van der Waals surface area (Å²) in [7, 11) is -9.86. The molecule has 0 saturated carbocycles. The normalized spacial score (nSPS) is 9.83. The van der Waals surface area contributed by atoms with Crippen molar-refractivity contribution in [3.63, 3.8) is 0 Å². The van der Waals surface area contributed by atoms with E-state index in [1.54, 1.807) is 0 Å². The van der Waals surface area contributed by atoms with E-state index in [4.69, 9.17) is 36.2 Å². The zero-order valence-corrected chi connectivity index (χ0v) is 11.7. The van der Waals surface area contributed by atoms with Crippen molar-refractivity contribution in [2.24, 2.45) is 0 Å². The second-order valence-electron chi connectivity index (χ2n) is 0.804. The zero-order chi connectivity index (χ0) is 9.00. The second-order valence-corrected chi connectivity index (χ2v) is 2.41. The van der Waals surface area contributed by atoms with Crippen LogP contribution in [0.25, 0.3) is 0 Å². The summed E-state index contributed by atoms with van der Waals surface area (Å²) in [5.41, 5.74) is 0. The van der Waals surface area contributed by atoms with Crippen molar-refractivity contribution in [2.45, 2.75) is 0 Å². The van der Waals surface area contributed by atoms with Gasteiger partial charge in [-0.3, -0.25) is 8.42 Å². The van der Waals surface area contributed by atoms with Gasteiger partial charge in [0.15, 0.2) is 0 Å². The van der Waals surface area contributed by atoms with Crippen LogP contribution in [0, 0.1) is 10.2 Å². The minimum Gasteiger partial charge on any atom is -0.759 e. The smallest absolute Gasteiger partial charge is 0.759 e. The molecule has 0 saturated heterocycles. The molecular weight excluding hydrogens is 241 g/mol. The van der Waals surface area contributed by atoms with Crippen molar-refractivity contribution < 1.29 is 106 Å². The number of halogens is 1. The summed E-state index contributed by atoms with van der Waals surface area (Å²) in [6.45, 7) is 0. The maximum absolute atomic E-state index is 8.60. The van der Waals surface area contributed by atoms with Gasteiger partial charge in [0.2, 0.25) is 0 Å². The molecule has 0 fully saturated rings. The van der Waals surface area contributed by atoms with Crippen molar-refractivity contribution in [2.75, 3.05) is 0 Å². The molecule has 0 bridgehead atoms. The standard InChI is InChI=1S/ClHO4.2Na.H2O4S/c2-1(3,4)5;;;1-5(2,3)4/h(H,2,3,4,5);;;(H2,1,2,3,4)/q;2*+1;/p-2. The molecule has 0 heterocycles. The predicted molar refractivity (Wildman–Crippen MR) is 12.7 cm³/mol. The first-order chi connectivity index (χ1) is 4.00. The van der Waals surface area contributed by atoms with Gasteiger partial charge in [-0.1, -0.05) is 0 Å². The molecule has 0 rings (SSSR count). The molecule has 1 N–H and O–H groups in total. The van der Waals surface area contributed by atoms with Gasteiger partial charge < -0.3 is 9.11 Å². The number of hydrogen-bond acceptors (Lipinski definition) is 8. The maximum atomic E-state index is 8.60. The molecule has 0 aliphatic heterocycles. The summed E-state index contributed by atoms with van der Waals surface area (Å²) in [5.74, 6) is 0. The van der Waals surface area contributed by atoms with Gasteiger partial charge in [0.25, 0.3) is 0 Å². The fourth-order valence-corrected chi connectivity index (χ4v) is 0. The van der Waals surface area contributed by atoms with E-state index in [0.717, 1.165) is 0 Å². The first-order valence-electron chi connectivity index (χ1n) is 1.30. The van der Waals surface area contributed by atoms with Gasteiger partial charge in [0.05, 0.1) is 14.9 Å². The summed E-state index contributed by atoms with van der Waals surface area (Å²) >= 11 is 0. The van der Waals surface area contributed by atoms with Crippen molar-refractivity contribution in [1.29, 1.82) is 0 Å². The van der Waals surface area contributed by atoms with Crippen LogP contribution in [-0.4, -0.2) is 22.2 Å². The van der Waals surface area contributed by atoms with Crippen LogP contribution in [0.3, 0.4) is 0 Å². The molecule has 0 atom stereocenters. The SMILES string of the molecule is O=S(=O)([O-])[O-].[Na+].[Na+].[O-][Cl+3]([O-])([O-])O. The second kappa shape index (κ2) is 9.55. The third-order valence-corrected chi connectivity index (χ3v) is 0. The summed E-state index contributed by atoms with van der Waals surface area (Å²) < 4.78 is 66.8. The van der Waals surface area contributed by atoms with Gasteiger partial charge in [-0.05, 0) is 0 Å². The average molecular weight is 242 g/mol. The van der Waals surface area contributed by atoms with Crippen molar-refractivity contribution in [3.05, 3.63) is 0 Å². The molecule has 0 aromatic rings. The first-order valence-corrected chi connectivity index (χ1v) is 3.90. The summed E-state index contributed by atoms with van der Waals surface area (Å²) in [6.07, 6.45) is 0. The van der Waals surface area contributed by atoms with Crippen LogP contribution in [0.2, 0.25) is 0 Å². The summed E-state index contributed by atoms with van der Waals surface area (Å²) in [5, 5.41) is 0. The van der Waals surface area contributed by atoms with Gasteiger partial charge >= 0.3 is 59.1 Å². The minimum atomic E-state index is -5.17. The molecule has 0 aliphatic rings. The number of hydrogen-bond donors (Lipinski definition) is 1. The quantitative estimate of drug-likeness (QED) is 0.248. The van der Waals surface area contributed by atoms with E-state index in [1.165, 1.54) is 0 Å². The molecule has 0 unspecified atom stereocenters. The Hall–Kier alpha value is 2.00. The third-order valence-electron chi connectivity index (χ3n) is 0. The number of rotatable bonds is 0. The molecule has 0 spiro atoms. The van der Waals surface area contributed by atoms with E-state index < -0.39 is 20.6 Å². The molecule has 0 aromatic carbocycles. The monoisotopic (exact) mass is 242 g/mol. The minimum absolute atomic E-state index is 0. The van der Waals surface area contributed by atoms with E-state index in [0.29, 0.717) is 0 Å². The van der Waals surface area contributed by atoms with Gasteiger partial charge in [0.1, 0.15) is 0 Å². The van der Waals surface area contributed by atoms with Crippen LogP contribution in [0.4, 0.5) is 0 Å². The van der Waals surface area contributed by atoms with Crippen LogP contribution in [0.15, 0.2) is 0 Å². The van der Waals surface area contributed by atoms with Crippen LogP contribution in [-0.2, 0) is 10.4 Å². The van der Waals surface area contributed by atoms with E-state index in [1.807, 2.05) is 0 Å². The Kier molecular flexibility index (Phi) is 18.8. The van der Waals surface area contributed by atoms with Gasteiger partial charge in [-0.2, -0.15) is 14.0 Å². The van der Waals surface area contributed by atoms with Gasteiger partial charge in [-0.25, -0.2) is 0 Å². The Labute approximate surface area is 114 Å². The maximum Gasteiger partial charge on any atom is 1.00 e. The first kappa shape index (κ1) is 23.7. The fourth-order valence-electron chi connectivity index (χ4n) is 0. The fraction of sp³-hybridized carbons (Fsp3) is 0. The molecular formula is HClNa2O8S. The van der Waals surface area contributed by atoms with E-state index >= 15 is 0 Å². The van der Waals surface area contributed by atoms with E-state index in [2.05, 4.69) is 0 Å². The Balaban J connectivity index is -0.0000000457. The van der Waals surface area contributed by atoms with Crippen LogP contribution in [0.1, 0.15) is 0 Å². The molecule has 0 aromatic heterocycles. The van der Waals surface area contributed by atoms with E-state index in [-0.39, 0.29) is 59.1 Å². The van der Waals surface area contributed by atoms with Crippen LogP contribution >= 0.6 is 0 Å². The third kappa shape index (κ3) is 363. The topological polar surface area (TPSA) is 170 Å². The summed E-state index contributed by atoms with van der Waals surface area (Å²) in [4.78, 5) is 0. The Morgan fingerprint density at radius 2 is 1.00 bits per heavy atom. The Morgan fingerprint density at radius 1 is 1.00 bits per heavy atom. The van der Waals surface area contributed by atoms with Gasteiger partial charge in [-0.15, -0.1) is 0 Å².